The quantitative estimate of drug-likeness (QED) is 0.488. The molecule has 3 rings (SSSR count). The molecule has 0 saturated heterocycles. The second-order valence-corrected chi connectivity index (χ2v) is 9.00. The summed E-state index contributed by atoms with van der Waals surface area (Å²) in [6, 6.07) is 21.0. The highest BCUT2D eigenvalue weighted by molar-refractivity contribution is 7.89. The van der Waals surface area contributed by atoms with Gasteiger partial charge in [0.2, 0.25) is 10.0 Å². The van der Waals surface area contributed by atoms with Crippen LogP contribution in [0.2, 0.25) is 0 Å². The molecule has 1 amide bonds. The maximum Gasteiger partial charge on any atom is 0.258 e. The molecule has 0 aliphatic heterocycles. The minimum Gasteiger partial charge on any atom is -0.484 e. The summed E-state index contributed by atoms with van der Waals surface area (Å²) >= 11 is 0. The maximum absolute atomic E-state index is 13.0. The van der Waals surface area contributed by atoms with Gasteiger partial charge in [0.25, 0.3) is 5.91 Å². The first-order valence-corrected chi connectivity index (χ1v) is 11.6. The fraction of sp³-hybridized carbons (Fsp3) is 0.208. The van der Waals surface area contributed by atoms with E-state index in [-0.39, 0.29) is 35.8 Å². The number of benzene rings is 3. The van der Waals surface area contributed by atoms with Crippen LogP contribution >= 0.6 is 0 Å². The van der Waals surface area contributed by atoms with E-state index in [2.05, 4.69) is 10.0 Å². The molecule has 0 aliphatic rings. The molecule has 3 aromatic carbocycles. The second kappa shape index (κ2) is 10.9. The molecule has 0 aliphatic carbocycles. The van der Waals surface area contributed by atoms with Gasteiger partial charge in [-0.2, -0.15) is 0 Å². The third kappa shape index (κ3) is 6.90. The smallest absolute Gasteiger partial charge is 0.258 e. The van der Waals surface area contributed by atoms with Crippen LogP contribution in [0.1, 0.15) is 24.1 Å². The van der Waals surface area contributed by atoms with Gasteiger partial charge in [-0.05, 0) is 60.9 Å². The van der Waals surface area contributed by atoms with Crippen LogP contribution in [-0.4, -0.2) is 27.5 Å². The van der Waals surface area contributed by atoms with Gasteiger partial charge in [0.1, 0.15) is 11.6 Å². The molecule has 2 N–H and O–H groups in total. The minimum absolute atomic E-state index is 0.118. The Kier molecular flexibility index (Phi) is 7.97. The fourth-order valence-electron chi connectivity index (χ4n) is 3.04. The Bertz CT molecular complexity index is 1120. The number of amides is 1. The minimum atomic E-state index is -3.64. The van der Waals surface area contributed by atoms with Crippen molar-refractivity contribution in [2.45, 2.75) is 24.3 Å². The number of rotatable bonds is 10. The number of halogens is 1. The molecule has 0 unspecified atom stereocenters. The molecule has 32 heavy (non-hydrogen) atoms. The highest BCUT2D eigenvalue weighted by Crippen LogP contribution is 2.17. The third-order valence-electron chi connectivity index (χ3n) is 4.80. The van der Waals surface area contributed by atoms with Crippen LogP contribution in [0.3, 0.4) is 0 Å². The molecular weight excluding hydrogens is 431 g/mol. The molecule has 0 heterocycles. The topological polar surface area (TPSA) is 84.5 Å². The van der Waals surface area contributed by atoms with Crippen molar-refractivity contribution < 1.29 is 22.3 Å². The van der Waals surface area contributed by atoms with Crippen molar-refractivity contribution in [1.29, 1.82) is 0 Å². The first kappa shape index (κ1) is 23.4. The van der Waals surface area contributed by atoms with Gasteiger partial charge in [0.05, 0.1) is 10.9 Å². The van der Waals surface area contributed by atoms with E-state index in [0.717, 1.165) is 11.1 Å². The lowest BCUT2D eigenvalue weighted by atomic mass is 10.1. The molecule has 0 spiro atoms. The maximum atomic E-state index is 13.0. The van der Waals surface area contributed by atoms with Gasteiger partial charge < -0.3 is 10.1 Å². The van der Waals surface area contributed by atoms with Crippen molar-refractivity contribution in [1.82, 2.24) is 10.0 Å². The highest BCUT2D eigenvalue weighted by Gasteiger charge is 2.14. The van der Waals surface area contributed by atoms with Crippen molar-refractivity contribution in [3.63, 3.8) is 0 Å². The molecule has 0 aromatic heterocycles. The predicted octanol–water partition coefficient (Wildman–Crippen LogP) is 3.60. The number of ether oxygens (including phenoxy) is 1. The molecule has 0 saturated carbocycles. The van der Waals surface area contributed by atoms with Gasteiger partial charge in [0.15, 0.2) is 6.61 Å². The summed E-state index contributed by atoms with van der Waals surface area (Å²) in [5, 5.41) is 2.77. The molecule has 1 atom stereocenters. The zero-order valence-electron chi connectivity index (χ0n) is 17.6. The van der Waals surface area contributed by atoms with E-state index in [9.17, 15) is 17.6 Å². The number of carbonyl (C=O) groups is 1. The number of carbonyl (C=O) groups excluding carboxylic acids is 1. The number of nitrogens with one attached hydrogen (secondary N) is 2. The van der Waals surface area contributed by atoms with Crippen molar-refractivity contribution >= 4 is 15.9 Å². The Morgan fingerprint density at radius 1 is 0.969 bits per heavy atom. The molecular formula is C24H25FN2O4S. The lowest BCUT2D eigenvalue weighted by molar-refractivity contribution is -0.123. The van der Waals surface area contributed by atoms with E-state index >= 15 is 0 Å². The molecule has 168 valence electrons. The summed E-state index contributed by atoms with van der Waals surface area (Å²) in [6.07, 6.45) is 0.590. The number of hydrogen-bond acceptors (Lipinski definition) is 4. The molecule has 6 nitrogen and oxygen atoms in total. The summed E-state index contributed by atoms with van der Waals surface area (Å²) in [5.41, 5.74) is 1.82. The molecule has 0 radical (unpaired) electrons. The van der Waals surface area contributed by atoms with Crippen LogP contribution in [0.15, 0.2) is 83.8 Å². The van der Waals surface area contributed by atoms with E-state index in [4.69, 9.17) is 4.74 Å². The Hall–Kier alpha value is -3.23. The van der Waals surface area contributed by atoms with Crippen molar-refractivity contribution in [3.8, 4) is 5.75 Å². The first-order valence-electron chi connectivity index (χ1n) is 10.1. The third-order valence-corrected chi connectivity index (χ3v) is 6.28. The monoisotopic (exact) mass is 456 g/mol. The largest absolute Gasteiger partial charge is 0.484 e. The van der Waals surface area contributed by atoms with Crippen LogP contribution in [0.5, 0.6) is 5.75 Å². The van der Waals surface area contributed by atoms with Crippen LogP contribution in [0.4, 0.5) is 4.39 Å². The van der Waals surface area contributed by atoms with E-state index < -0.39 is 10.0 Å². The van der Waals surface area contributed by atoms with Crippen LogP contribution < -0.4 is 14.8 Å². The molecule has 3 aromatic rings. The van der Waals surface area contributed by atoms with Crippen LogP contribution in [0, 0.1) is 5.82 Å². The Morgan fingerprint density at radius 3 is 2.28 bits per heavy atom. The number of hydrogen-bond donors (Lipinski definition) is 2. The van der Waals surface area contributed by atoms with Crippen molar-refractivity contribution in [3.05, 3.63) is 95.8 Å². The standard InChI is InChI=1S/C24H25FN2O4S/c1-18(20-7-9-21(25)10-8-20)27-24(28)17-31-22-11-13-23(14-12-22)32(29,30)26-16-15-19-5-3-2-4-6-19/h2-14,18,26H,15-17H2,1H3,(H,27,28)/t18-/m0/s1. The summed E-state index contributed by atoms with van der Waals surface area (Å²) in [7, 11) is -3.64. The normalized spacial score (nSPS) is 12.2. The lowest BCUT2D eigenvalue weighted by Gasteiger charge is -2.15. The lowest BCUT2D eigenvalue weighted by Crippen LogP contribution is -2.31. The predicted molar refractivity (Wildman–Crippen MR) is 120 cm³/mol. The second-order valence-electron chi connectivity index (χ2n) is 7.23. The Morgan fingerprint density at radius 2 is 1.62 bits per heavy atom. The average molecular weight is 457 g/mol. The van der Waals surface area contributed by atoms with Gasteiger partial charge in [-0.1, -0.05) is 42.5 Å². The molecule has 0 fully saturated rings. The number of sulfonamides is 1. The van der Waals surface area contributed by atoms with Gasteiger partial charge >= 0.3 is 0 Å². The average Bonchev–Trinajstić information content (AvgIpc) is 2.79. The van der Waals surface area contributed by atoms with Gasteiger partial charge in [-0.15, -0.1) is 0 Å². The van der Waals surface area contributed by atoms with Crippen LogP contribution in [0.25, 0.3) is 0 Å². The molecule has 8 heteroatoms. The van der Waals surface area contributed by atoms with E-state index in [1.54, 1.807) is 19.1 Å². The first-order chi connectivity index (χ1) is 15.3. The van der Waals surface area contributed by atoms with Gasteiger partial charge in [-0.3, -0.25) is 4.79 Å². The summed E-state index contributed by atoms with van der Waals surface area (Å²) in [4.78, 5) is 12.2. The van der Waals surface area contributed by atoms with Gasteiger partial charge in [0, 0.05) is 6.54 Å². The van der Waals surface area contributed by atoms with Crippen molar-refractivity contribution in [2.24, 2.45) is 0 Å². The zero-order chi connectivity index (χ0) is 23.0. The highest BCUT2D eigenvalue weighted by atomic mass is 32.2. The van der Waals surface area contributed by atoms with E-state index in [1.807, 2.05) is 30.3 Å². The van der Waals surface area contributed by atoms with E-state index in [1.165, 1.54) is 36.4 Å². The zero-order valence-corrected chi connectivity index (χ0v) is 18.4. The van der Waals surface area contributed by atoms with E-state index in [0.29, 0.717) is 12.2 Å². The Balaban J connectivity index is 1.47. The van der Waals surface area contributed by atoms with Crippen molar-refractivity contribution in [2.75, 3.05) is 13.2 Å². The fourth-order valence-corrected chi connectivity index (χ4v) is 4.07. The van der Waals surface area contributed by atoms with Crippen LogP contribution in [-0.2, 0) is 21.2 Å². The SMILES string of the molecule is C[C@H](NC(=O)COc1ccc(S(=O)(=O)NCCc2ccccc2)cc1)c1ccc(F)cc1. The summed E-state index contributed by atoms with van der Waals surface area (Å²) in [6.45, 7) is 1.85. The summed E-state index contributed by atoms with van der Waals surface area (Å²) in [5.74, 6) is -0.314. The van der Waals surface area contributed by atoms with Gasteiger partial charge in [-0.25, -0.2) is 17.5 Å². The Labute approximate surface area is 187 Å². The molecule has 0 bridgehead atoms. The summed E-state index contributed by atoms with van der Waals surface area (Å²) < 4.78 is 45.9.